The van der Waals surface area contributed by atoms with Gasteiger partial charge in [-0.05, 0) is 26.7 Å². The van der Waals surface area contributed by atoms with Crippen molar-refractivity contribution in [3.63, 3.8) is 0 Å². The molecule has 20 heavy (non-hydrogen) atoms. The number of rotatable bonds is 14. The van der Waals surface area contributed by atoms with Crippen LogP contribution >= 0.6 is 0 Å². The van der Waals surface area contributed by atoms with Gasteiger partial charge in [-0.25, -0.2) is 0 Å². The summed E-state index contributed by atoms with van der Waals surface area (Å²) in [5.74, 6) is -0.769. The van der Waals surface area contributed by atoms with Gasteiger partial charge in [-0.15, -0.1) is 0 Å². The highest BCUT2D eigenvalue weighted by molar-refractivity contribution is 5.73. The Balaban J connectivity index is 3.19. The molecule has 0 aliphatic heterocycles. The molecule has 0 rings (SSSR count). The summed E-state index contributed by atoms with van der Waals surface area (Å²) in [6.07, 6.45) is 1.34. The Hall–Kier alpha value is -0.690. The number of carboxylic acids is 1. The minimum absolute atomic E-state index is 0.519. The van der Waals surface area contributed by atoms with Crippen LogP contribution in [0.15, 0.2) is 0 Å². The van der Waals surface area contributed by atoms with Crippen LogP contribution in [0.3, 0.4) is 0 Å². The monoisotopic (exact) mass is 292 g/mol. The average molecular weight is 292 g/mol. The molecule has 0 amide bonds. The molecule has 0 heterocycles. The van der Waals surface area contributed by atoms with E-state index in [0.29, 0.717) is 52.7 Å². The van der Waals surface area contributed by atoms with E-state index in [4.69, 9.17) is 24.1 Å². The van der Waals surface area contributed by atoms with Crippen molar-refractivity contribution in [1.29, 1.82) is 0 Å². The summed E-state index contributed by atoms with van der Waals surface area (Å²) in [7, 11) is 1.63. The first-order valence-corrected chi connectivity index (χ1v) is 6.96. The predicted octanol–water partition coefficient (Wildman–Crippen LogP) is 1.57. The highest BCUT2D eigenvalue weighted by Crippen LogP contribution is 2.22. The lowest BCUT2D eigenvalue weighted by Crippen LogP contribution is -2.24. The second-order valence-electron chi connectivity index (χ2n) is 5.12. The first kappa shape index (κ1) is 19.3. The average Bonchev–Trinajstić information content (AvgIpc) is 2.39. The van der Waals surface area contributed by atoms with Gasteiger partial charge in [0.25, 0.3) is 0 Å². The molecule has 0 radical (unpaired) electrons. The van der Waals surface area contributed by atoms with Crippen molar-refractivity contribution < 1.29 is 28.8 Å². The summed E-state index contributed by atoms with van der Waals surface area (Å²) < 4.78 is 20.8. The van der Waals surface area contributed by atoms with E-state index < -0.39 is 11.4 Å². The van der Waals surface area contributed by atoms with Gasteiger partial charge in [0.1, 0.15) is 0 Å². The van der Waals surface area contributed by atoms with Gasteiger partial charge in [-0.1, -0.05) is 0 Å². The molecule has 120 valence electrons. The van der Waals surface area contributed by atoms with Crippen molar-refractivity contribution in [2.75, 3.05) is 53.4 Å². The lowest BCUT2D eigenvalue weighted by atomic mass is 9.88. The molecule has 0 aliphatic carbocycles. The molecule has 0 bridgehead atoms. The molecule has 1 N–H and O–H groups in total. The number of carbonyl (C=O) groups is 1. The summed E-state index contributed by atoms with van der Waals surface area (Å²) in [5, 5.41) is 8.94. The van der Waals surface area contributed by atoms with Crippen molar-refractivity contribution in [1.82, 2.24) is 0 Å². The number of carboxylic acid groups (broad SMARTS) is 1. The summed E-state index contributed by atoms with van der Waals surface area (Å²) in [6, 6.07) is 0. The molecule has 0 saturated carbocycles. The fourth-order valence-electron chi connectivity index (χ4n) is 1.41. The Morgan fingerprint density at radius 3 is 1.80 bits per heavy atom. The second-order valence-corrected chi connectivity index (χ2v) is 5.12. The van der Waals surface area contributed by atoms with E-state index in [1.165, 1.54) is 0 Å². The Kier molecular flexibility index (Phi) is 11.7. The number of aliphatic carboxylic acids is 1. The molecule has 6 heteroatoms. The minimum atomic E-state index is -0.769. The predicted molar refractivity (Wildman–Crippen MR) is 75.0 cm³/mol. The van der Waals surface area contributed by atoms with Crippen LogP contribution in [0.4, 0.5) is 0 Å². The van der Waals surface area contributed by atoms with Crippen molar-refractivity contribution in [2.24, 2.45) is 5.41 Å². The van der Waals surface area contributed by atoms with Crippen molar-refractivity contribution in [2.45, 2.75) is 26.7 Å². The van der Waals surface area contributed by atoms with Crippen molar-refractivity contribution in [3.8, 4) is 0 Å². The number of ether oxygens (including phenoxy) is 4. The SMILES string of the molecule is COCCOCCOCCOCCCC(C)(C)C(=O)O. The largest absolute Gasteiger partial charge is 0.481 e. The first-order valence-electron chi connectivity index (χ1n) is 6.96. The lowest BCUT2D eigenvalue weighted by molar-refractivity contribution is -0.147. The molecule has 0 aromatic rings. The van der Waals surface area contributed by atoms with Crippen LogP contribution in [-0.2, 0) is 23.7 Å². The standard InChI is InChI=1S/C14H28O6/c1-14(2,13(15)16)5-4-6-18-9-10-20-12-11-19-8-7-17-3/h4-12H2,1-3H3,(H,15,16). The molecule has 0 aromatic carbocycles. The maximum Gasteiger partial charge on any atom is 0.309 e. The van der Waals surface area contributed by atoms with E-state index in [9.17, 15) is 4.79 Å². The molecule has 0 aromatic heterocycles. The van der Waals surface area contributed by atoms with Gasteiger partial charge in [0.2, 0.25) is 0 Å². The van der Waals surface area contributed by atoms with Crippen LogP contribution in [-0.4, -0.2) is 64.4 Å². The summed E-state index contributed by atoms with van der Waals surface area (Å²) in [5.41, 5.74) is -0.681. The third-order valence-electron chi connectivity index (χ3n) is 2.85. The minimum Gasteiger partial charge on any atom is -0.481 e. The quantitative estimate of drug-likeness (QED) is 0.490. The fraction of sp³-hybridized carbons (Fsp3) is 0.929. The highest BCUT2D eigenvalue weighted by Gasteiger charge is 2.25. The van der Waals surface area contributed by atoms with E-state index >= 15 is 0 Å². The zero-order valence-corrected chi connectivity index (χ0v) is 12.9. The van der Waals surface area contributed by atoms with Crippen LogP contribution in [0, 0.1) is 5.41 Å². The third-order valence-corrected chi connectivity index (χ3v) is 2.85. The molecule has 6 nitrogen and oxygen atoms in total. The molecule has 0 saturated heterocycles. The summed E-state index contributed by atoms with van der Waals surface area (Å²) >= 11 is 0. The summed E-state index contributed by atoms with van der Waals surface area (Å²) in [4.78, 5) is 10.9. The van der Waals surface area contributed by atoms with Gasteiger partial charge in [0, 0.05) is 13.7 Å². The van der Waals surface area contributed by atoms with E-state index in [-0.39, 0.29) is 0 Å². The molecule has 0 aliphatic rings. The first-order chi connectivity index (χ1) is 9.50. The van der Waals surface area contributed by atoms with E-state index in [0.717, 1.165) is 6.42 Å². The van der Waals surface area contributed by atoms with Gasteiger partial charge in [-0.2, -0.15) is 0 Å². The smallest absolute Gasteiger partial charge is 0.309 e. The van der Waals surface area contributed by atoms with Gasteiger partial charge < -0.3 is 24.1 Å². The highest BCUT2D eigenvalue weighted by atomic mass is 16.6. The van der Waals surface area contributed by atoms with Crippen molar-refractivity contribution in [3.05, 3.63) is 0 Å². The Bertz CT molecular complexity index is 242. The van der Waals surface area contributed by atoms with Crippen LogP contribution in [0.5, 0.6) is 0 Å². The topological polar surface area (TPSA) is 74.2 Å². The normalized spacial score (nSPS) is 11.8. The number of methoxy groups -OCH3 is 1. The molecular weight excluding hydrogens is 264 g/mol. The molecule has 0 fully saturated rings. The van der Waals surface area contributed by atoms with Crippen molar-refractivity contribution >= 4 is 5.97 Å². The van der Waals surface area contributed by atoms with Gasteiger partial charge in [0.15, 0.2) is 0 Å². The maximum absolute atomic E-state index is 10.9. The van der Waals surface area contributed by atoms with E-state index in [2.05, 4.69) is 0 Å². The Labute approximate surface area is 121 Å². The molecule has 0 unspecified atom stereocenters. The zero-order valence-electron chi connectivity index (χ0n) is 12.9. The van der Waals surface area contributed by atoms with E-state index in [1.807, 2.05) is 0 Å². The van der Waals surface area contributed by atoms with Crippen LogP contribution in [0.1, 0.15) is 26.7 Å². The molecular formula is C14H28O6. The molecule has 0 atom stereocenters. The molecule has 0 spiro atoms. The summed E-state index contributed by atoms with van der Waals surface area (Å²) in [6.45, 7) is 7.32. The number of hydrogen-bond donors (Lipinski definition) is 1. The van der Waals surface area contributed by atoms with Gasteiger partial charge >= 0.3 is 5.97 Å². The number of hydrogen-bond acceptors (Lipinski definition) is 5. The Morgan fingerprint density at radius 1 is 0.900 bits per heavy atom. The van der Waals surface area contributed by atoms with Gasteiger partial charge in [0.05, 0.1) is 45.1 Å². The van der Waals surface area contributed by atoms with Crippen LogP contribution in [0.2, 0.25) is 0 Å². The van der Waals surface area contributed by atoms with Crippen LogP contribution < -0.4 is 0 Å². The van der Waals surface area contributed by atoms with Gasteiger partial charge in [-0.3, -0.25) is 4.79 Å². The maximum atomic E-state index is 10.9. The Morgan fingerprint density at radius 2 is 1.35 bits per heavy atom. The fourth-order valence-corrected chi connectivity index (χ4v) is 1.41. The zero-order chi connectivity index (χ0) is 15.3. The van der Waals surface area contributed by atoms with E-state index in [1.54, 1.807) is 21.0 Å². The second kappa shape index (κ2) is 12.1. The third kappa shape index (κ3) is 11.2. The lowest BCUT2D eigenvalue weighted by Gasteiger charge is -2.18. The van der Waals surface area contributed by atoms with Crippen LogP contribution in [0.25, 0.3) is 0 Å².